The Labute approximate surface area is 179 Å². The number of carbonyl (C=O) groups excluding carboxylic acids is 2. The number of esters is 1. The standard InChI is InChI=1S/C25H20ClNO3/c1-27-19-10-5-4-9-17(19)22(24(27)28)23-20(11-6-14-26)30-25(29)18-13-12-15-7-2-3-8-16(15)21(18)23/h2-5,7-10,12-13,20H,6,11,14H2,1H3/b23-22+. The molecule has 3 aromatic rings. The third kappa shape index (κ3) is 2.75. The van der Waals surface area contributed by atoms with Gasteiger partial charge in [-0.3, -0.25) is 4.79 Å². The minimum Gasteiger partial charge on any atom is -0.454 e. The minimum absolute atomic E-state index is 0.0843. The predicted octanol–water partition coefficient (Wildman–Crippen LogP) is 5.29. The summed E-state index contributed by atoms with van der Waals surface area (Å²) < 4.78 is 5.86. The number of fused-ring (bicyclic) bond motifs is 4. The molecule has 0 radical (unpaired) electrons. The molecule has 2 heterocycles. The fourth-order valence-electron chi connectivity index (χ4n) is 4.53. The number of rotatable bonds is 3. The zero-order valence-corrected chi connectivity index (χ0v) is 17.3. The summed E-state index contributed by atoms with van der Waals surface area (Å²) in [6, 6.07) is 19.4. The molecule has 1 atom stereocenters. The Hall–Kier alpha value is -3.11. The second-order valence-electron chi connectivity index (χ2n) is 7.60. The van der Waals surface area contributed by atoms with E-state index in [1.165, 1.54) is 0 Å². The van der Waals surface area contributed by atoms with Gasteiger partial charge in [-0.2, -0.15) is 0 Å². The lowest BCUT2D eigenvalue weighted by Crippen LogP contribution is -2.30. The molecule has 2 aliphatic heterocycles. The summed E-state index contributed by atoms with van der Waals surface area (Å²) in [5.74, 6) is 0.0226. The van der Waals surface area contributed by atoms with Crippen LogP contribution >= 0.6 is 11.6 Å². The molecule has 0 saturated carbocycles. The van der Waals surface area contributed by atoms with Gasteiger partial charge in [0, 0.05) is 29.6 Å². The molecule has 5 heteroatoms. The SMILES string of the molecule is CN1C(=O)/C(=C2/c3c(ccc4ccccc34)C(=O)OC2CCCCl)c2ccccc21. The van der Waals surface area contributed by atoms with Crippen molar-refractivity contribution in [3.05, 3.63) is 77.4 Å². The molecule has 1 unspecified atom stereocenters. The average molecular weight is 418 g/mol. The van der Waals surface area contributed by atoms with Crippen LogP contribution in [0.25, 0.3) is 21.9 Å². The van der Waals surface area contributed by atoms with E-state index in [1.54, 1.807) is 18.0 Å². The number of nitrogens with zero attached hydrogens (tertiary/aromatic N) is 1. The molecule has 3 aromatic carbocycles. The van der Waals surface area contributed by atoms with Gasteiger partial charge in [0.25, 0.3) is 5.91 Å². The molecule has 0 bridgehead atoms. The Bertz CT molecular complexity index is 1230. The number of para-hydroxylation sites is 1. The molecule has 2 aliphatic rings. The monoisotopic (exact) mass is 417 g/mol. The van der Waals surface area contributed by atoms with Gasteiger partial charge in [0.15, 0.2) is 0 Å². The van der Waals surface area contributed by atoms with E-state index < -0.39 is 6.10 Å². The van der Waals surface area contributed by atoms with Crippen LogP contribution in [0.5, 0.6) is 0 Å². The Balaban J connectivity index is 1.89. The summed E-state index contributed by atoms with van der Waals surface area (Å²) in [6.07, 6.45) is 0.728. The summed E-state index contributed by atoms with van der Waals surface area (Å²) in [6.45, 7) is 0. The topological polar surface area (TPSA) is 46.6 Å². The van der Waals surface area contributed by atoms with Crippen molar-refractivity contribution in [2.24, 2.45) is 0 Å². The maximum Gasteiger partial charge on any atom is 0.339 e. The predicted molar refractivity (Wildman–Crippen MR) is 120 cm³/mol. The zero-order valence-electron chi connectivity index (χ0n) is 16.5. The quantitative estimate of drug-likeness (QED) is 0.330. The first-order valence-electron chi connectivity index (χ1n) is 10.0. The van der Waals surface area contributed by atoms with Crippen LogP contribution in [-0.2, 0) is 9.53 Å². The maximum absolute atomic E-state index is 13.4. The van der Waals surface area contributed by atoms with Crippen LogP contribution in [-0.4, -0.2) is 30.9 Å². The molecule has 150 valence electrons. The molecular formula is C25H20ClNO3. The molecule has 0 saturated heterocycles. The van der Waals surface area contributed by atoms with E-state index in [0.29, 0.717) is 29.9 Å². The highest BCUT2D eigenvalue weighted by Crippen LogP contribution is 2.46. The molecule has 0 aliphatic carbocycles. The van der Waals surface area contributed by atoms with Gasteiger partial charge in [0.05, 0.1) is 16.8 Å². The molecule has 0 N–H and O–H groups in total. The van der Waals surface area contributed by atoms with E-state index in [1.807, 2.05) is 54.6 Å². The van der Waals surface area contributed by atoms with Crippen molar-refractivity contribution in [2.75, 3.05) is 17.8 Å². The summed E-state index contributed by atoms with van der Waals surface area (Å²) in [4.78, 5) is 28.0. The van der Waals surface area contributed by atoms with Crippen molar-refractivity contribution in [1.82, 2.24) is 0 Å². The zero-order chi connectivity index (χ0) is 20.8. The van der Waals surface area contributed by atoms with Gasteiger partial charge in [-0.25, -0.2) is 4.79 Å². The Morgan fingerprint density at radius 2 is 1.73 bits per heavy atom. The Morgan fingerprint density at radius 3 is 2.57 bits per heavy atom. The number of hydrogen-bond acceptors (Lipinski definition) is 3. The van der Waals surface area contributed by atoms with Crippen LogP contribution < -0.4 is 4.90 Å². The van der Waals surface area contributed by atoms with Gasteiger partial charge in [0.2, 0.25) is 0 Å². The third-order valence-corrected chi connectivity index (χ3v) is 6.18. The number of likely N-dealkylation sites (N-methyl/N-ethyl adjacent to an activating group) is 1. The van der Waals surface area contributed by atoms with Crippen LogP contribution in [0.4, 0.5) is 5.69 Å². The summed E-state index contributed by atoms with van der Waals surface area (Å²) in [5, 5.41) is 1.97. The smallest absolute Gasteiger partial charge is 0.339 e. The van der Waals surface area contributed by atoms with Gasteiger partial charge in [-0.1, -0.05) is 48.5 Å². The summed E-state index contributed by atoms with van der Waals surface area (Å²) in [7, 11) is 1.78. The maximum atomic E-state index is 13.4. The second-order valence-corrected chi connectivity index (χ2v) is 7.98. The number of benzene rings is 3. The van der Waals surface area contributed by atoms with Crippen LogP contribution in [0.2, 0.25) is 0 Å². The second kappa shape index (κ2) is 7.29. The van der Waals surface area contributed by atoms with Gasteiger partial charge in [-0.15, -0.1) is 11.6 Å². The highest BCUT2D eigenvalue weighted by Gasteiger charge is 2.40. The lowest BCUT2D eigenvalue weighted by atomic mass is 9.82. The van der Waals surface area contributed by atoms with E-state index in [2.05, 4.69) is 0 Å². The van der Waals surface area contributed by atoms with Gasteiger partial charge >= 0.3 is 5.97 Å². The number of halogens is 1. The lowest BCUT2D eigenvalue weighted by molar-refractivity contribution is -0.112. The minimum atomic E-state index is -0.520. The van der Waals surface area contributed by atoms with Crippen molar-refractivity contribution in [3.63, 3.8) is 0 Å². The molecule has 30 heavy (non-hydrogen) atoms. The van der Waals surface area contributed by atoms with Crippen molar-refractivity contribution < 1.29 is 14.3 Å². The van der Waals surface area contributed by atoms with E-state index >= 15 is 0 Å². The average Bonchev–Trinajstić information content (AvgIpc) is 3.02. The van der Waals surface area contributed by atoms with E-state index in [4.69, 9.17) is 16.3 Å². The van der Waals surface area contributed by atoms with Crippen LogP contribution in [0.15, 0.2) is 60.7 Å². The van der Waals surface area contributed by atoms with Crippen LogP contribution in [0, 0.1) is 0 Å². The Kier molecular flexibility index (Phi) is 4.59. The molecule has 0 fully saturated rings. The number of alkyl halides is 1. The summed E-state index contributed by atoms with van der Waals surface area (Å²) in [5.41, 5.74) is 4.43. The molecule has 5 rings (SSSR count). The van der Waals surface area contributed by atoms with Crippen molar-refractivity contribution in [2.45, 2.75) is 18.9 Å². The molecule has 0 aromatic heterocycles. The number of anilines is 1. The lowest BCUT2D eigenvalue weighted by Gasteiger charge is -2.30. The molecular weight excluding hydrogens is 398 g/mol. The first-order chi connectivity index (χ1) is 14.6. The number of amides is 1. The number of ether oxygens (including phenoxy) is 1. The molecule has 0 spiro atoms. The number of hydrogen-bond donors (Lipinski definition) is 0. The van der Waals surface area contributed by atoms with Crippen LogP contribution in [0.1, 0.15) is 34.3 Å². The van der Waals surface area contributed by atoms with Crippen LogP contribution in [0.3, 0.4) is 0 Å². The fraction of sp³-hybridized carbons (Fsp3) is 0.200. The first-order valence-corrected chi connectivity index (χ1v) is 10.6. The Morgan fingerprint density at radius 1 is 0.967 bits per heavy atom. The van der Waals surface area contributed by atoms with Crippen molar-refractivity contribution >= 4 is 51.1 Å². The van der Waals surface area contributed by atoms with E-state index in [-0.39, 0.29) is 11.9 Å². The number of carbonyl (C=O) groups is 2. The van der Waals surface area contributed by atoms with Gasteiger partial charge in [0.1, 0.15) is 6.10 Å². The third-order valence-electron chi connectivity index (χ3n) is 5.91. The fourth-order valence-corrected chi connectivity index (χ4v) is 4.68. The van der Waals surface area contributed by atoms with Crippen molar-refractivity contribution in [3.8, 4) is 0 Å². The largest absolute Gasteiger partial charge is 0.454 e. The first kappa shape index (κ1) is 18.9. The number of cyclic esters (lactones) is 1. The normalized spacial score (nSPS) is 20.3. The van der Waals surface area contributed by atoms with Crippen molar-refractivity contribution in [1.29, 1.82) is 0 Å². The highest BCUT2D eigenvalue weighted by atomic mass is 35.5. The molecule has 1 amide bonds. The molecule has 4 nitrogen and oxygen atoms in total. The van der Waals surface area contributed by atoms with E-state index in [9.17, 15) is 9.59 Å². The summed E-state index contributed by atoms with van der Waals surface area (Å²) >= 11 is 5.96. The van der Waals surface area contributed by atoms with Gasteiger partial charge < -0.3 is 9.64 Å². The highest BCUT2D eigenvalue weighted by molar-refractivity contribution is 6.39. The van der Waals surface area contributed by atoms with Gasteiger partial charge in [-0.05, 0) is 35.7 Å². The van der Waals surface area contributed by atoms with E-state index in [0.717, 1.165) is 33.2 Å².